The van der Waals surface area contributed by atoms with E-state index in [1.807, 2.05) is 6.92 Å². The van der Waals surface area contributed by atoms with E-state index in [1.165, 1.54) is 0 Å². The van der Waals surface area contributed by atoms with Crippen LogP contribution >= 0.6 is 0 Å². The fourth-order valence-corrected chi connectivity index (χ4v) is 2.60. The topological polar surface area (TPSA) is 35.5 Å². The third-order valence-corrected chi connectivity index (χ3v) is 3.71. The van der Waals surface area contributed by atoms with E-state index >= 15 is 0 Å². The van der Waals surface area contributed by atoms with Gasteiger partial charge in [0.15, 0.2) is 0 Å². The van der Waals surface area contributed by atoms with Crippen LogP contribution in [0.4, 0.5) is 13.2 Å². The minimum Gasteiger partial charge on any atom is -0.395 e. The molecule has 3 nitrogen and oxygen atoms in total. The predicted molar refractivity (Wildman–Crippen MR) is 69.1 cm³/mol. The lowest BCUT2D eigenvalue weighted by Gasteiger charge is -2.31. The van der Waals surface area contributed by atoms with Gasteiger partial charge in [-0.1, -0.05) is 0 Å². The van der Waals surface area contributed by atoms with Crippen LogP contribution in [0, 0.1) is 0 Å². The zero-order valence-corrected chi connectivity index (χ0v) is 11.5. The van der Waals surface area contributed by atoms with Gasteiger partial charge >= 0.3 is 6.18 Å². The number of aliphatic hydroxyl groups is 1. The second kappa shape index (κ2) is 8.07. The molecule has 1 saturated heterocycles. The number of aliphatic hydroxyl groups excluding tert-OH is 1. The highest BCUT2D eigenvalue weighted by Gasteiger charge is 2.27. The molecule has 6 heteroatoms. The first-order valence-electron chi connectivity index (χ1n) is 7.07. The van der Waals surface area contributed by atoms with Gasteiger partial charge in [0.25, 0.3) is 0 Å². The Morgan fingerprint density at radius 2 is 2.16 bits per heavy atom. The van der Waals surface area contributed by atoms with Crippen LogP contribution in [0.15, 0.2) is 0 Å². The Hall–Kier alpha value is -0.330. The van der Waals surface area contributed by atoms with Crippen molar-refractivity contribution in [1.82, 2.24) is 10.2 Å². The molecule has 0 saturated carbocycles. The standard InChI is InChI=1S/C13H25F3N2O/c1-11(4-2-6-13(14,15)16)18(8-9-19)10-12-5-3-7-17-12/h11-12,17,19H,2-10H2,1H3. The second-order valence-electron chi connectivity index (χ2n) is 5.37. The summed E-state index contributed by atoms with van der Waals surface area (Å²) >= 11 is 0. The van der Waals surface area contributed by atoms with Gasteiger partial charge in [0, 0.05) is 31.6 Å². The van der Waals surface area contributed by atoms with E-state index in [9.17, 15) is 13.2 Å². The molecular formula is C13H25F3N2O. The Morgan fingerprint density at radius 3 is 2.68 bits per heavy atom. The summed E-state index contributed by atoms with van der Waals surface area (Å²) in [5.74, 6) is 0. The number of halogens is 3. The second-order valence-corrected chi connectivity index (χ2v) is 5.37. The molecule has 0 spiro atoms. The zero-order valence-electron chi connectivity index (χ0n) is 11.5. The first-order chi connectivity index (χ1) is 8.92. The first-order valence-corrected chi connectivity index (χ1v) is 7.07. The van der Waals surface area contributed by atoms with E-state index in [2.05, 4.69) is 10.2 Å². The average molecular weight is 282 g/mol. The summed E-state index contributed by atoms with van der Waals surface area (Å²) < 4.78 is 36.4. The molecule has 1 aliphatic rings. The summed E-state index contributed by atoms with van der Waals surface area (Å²) in [7, 11) is 0. The molecule has 1 heterocycles. The minimum atomic E-state index is -4.06. The molecule has 0 aromatic carbocycles. The highest BCUT2D eigenvalue weighted by molar-refractivity contribution is 4.80. The van der Waals surface area contributed by atoms with E-state index in [4.69, 9.17) is 5.11 Å². The van der Waals surface area contributed by atoms with E-state index in [-0.39, 0.29) is 19.1 Å². The number of nitrogens with one attached hydrogen (secondary N) is 1. The third kappa shape index (κ3) is 7.13. The molecular weight excluding hydrogens is 257 g/mol. The Balaban J connectivity index is 2.32. The molecule has 0 aromatic rings. The molecule has 0 aromatic heterocycles. The number of hydrogen-bond donors (Lipinski definition) is 2. The molecule has 1 aliphatic heterocycles. The summed E-state index contributed by atoms with van der Waals surface area (Å²) in [4.78, 5) is 2.10. The number of hydrogen-bond acceptors (Lipinski definition) is 3. The van der Waals surface area contributed by atoms with Crippen LogP contribution in [0.5, 0.6) is 0 Å². The van der Waals surface area contributed by atoms with Crippen LogP contribution in [0.25, 0.3) is 0 Å². The van der Waals surface area contributed by atoms with Crippen LogP contribution in [0.1, 0.15) is 39.0 Å². The van der Waals surface area contributed by atoms with Gasteiger partial charge in [0.05, 0.1) is 6.61 Å². The molecule has 0 aliphatic carbocycles. The van der Waals surface area contributed by atoms with Crippen molar-refractivity contribution in [3.05, 3.63) is 0 Å². The molecule has 2 atom stereocenters. The highest BCUT2D eigenvalue weighted by Crippen LogP contribution is 2.23. The molecule has 1 fully saturated rings. The summed E-state index contributed by atoms with van der Waals surface area (Å²) in [5.41, 5.74) is 0. The van der Waals surface area contributed by atoms with E-state index in [0.717, 1.165) is 25.9 Å². The van der Waals surface area contributed by atoms with Crippen LogP contribution in [-0.2, 0) is 0 Å². The smallest absolute Gasteiger partial charge is 0.389 e. The van der Waals surface area contributed by atoms with Gasteiger partial charge in [-0.05, 0) is 39.2 Å². The lowest BCUT2D eigenvalue weighted by molar-refractivity contribution is -0.136. The summed E-state index contributed by atoms with van der Waals surface area (Å²) in [6, 6.07) is 0.494. The van der Waals surface area contributed by atoms with Crippen LogP contribution < -0.4 is 5.32 Å². The van der Waals surface area contributed by atoms with E-state index in [1.54, 1.807) is 0 Å². The summed E-state index contributed by atoms with van der Waals surface area (Å²) in [5, 5.41) is 12.4. The van der Waals surface area contributed by atoms with Crippen molar-refractivity contribution in [1.29, 1.82) is 0 Å². The maximum absolute atomic E-state index is 12.1. The van der Waals surface area contributed by atoms with Crippen molar-refractivity contribution in [2.24, 2.45) is 0 Å². The van der Waals surface area contributed by atoms with Crippen molar-refractivity contribution < 1.29 is 18.3 Å². The van der Waals surface area contributed by atoms with Crippen molar-refractivity contribution >= 4 is 0 Å². The Kier molecular flexibility index (Phi) is 7.10. The van der Waals surface area contributed by atoms with Gasteiger partial charge in [-0.3, -0.25) is 4.90 Å². The number of nitrogens with zero attached hydrogens (tertiary/aromatic N) is 1. The first kappa shape index (κ1) is 16.7. The monoisotopic (exact) mass is 282 g/mol. The molecule has 114 valence electrons. The number of rotatable bonds is 8. The Morgan fingerprint density at radius 1 is 1.42 bits per heavy atom. The Bertz CT molecular complexity index is 243. The predicted octanol–water partition coefficient (Wildman–Crippen LogP) is 2.15. The average Bonchev–Trinajstić information content (AvgIpc) is 2.79. The molecule has 0 amide bonds. The van der Waals surface area contributed by atoms with E-state index < -0.39 is 12.6 Å². The molecule has 19 heavy (non-hydrogen) atoms. The van der Waals surface area contributed by atoms with Gasteiger partial charge in [0.2, 0.25) is 0 Å². The zero-order chi connectivity index (χ0) is 14.3. The normalized spacial score (nSPS) is 22.1. The summed E-state index contributed by atoms with van der Waals surface area (Å²) in [6.07, 6.45) is -1.84. The summed E-state index contributed by atoms with van der Waals surface area (Å²) in [6.45, 7) is 4.36. The lowest BCUT2D eigenvalue weighted by atomic mass is 10.1. The molecule has 2 N–H and O–H groups in total. The van der Waals surface area contributed by atoms with Crippen molar-refractivity contribution in [3.8, 4) is 0 Å². The highest BCUT2D eigenvalue weighted by atomic mass is 19.4. The maximum atomic E-state index is 12.1. The molecule has 0 bridgehead atoms. The SMILES string of the molecule is CC(CCCC(F)(F)F)N(CCO)CC1CCCN1. The van der Waals surface area contributed by atoms with Crippen molar-refractivity contribution in [2.75, 3.05) is 26.2 Å². The van der Waals surface area contributed by atoms with Crippen LogP contribution in [-0.4, -0.2) is 54.5 Å². The fraction of sp³-hybridized carbons (Fsp3) is 1.00. The fourth-order valence-electron chi connectivity index (χ4n) is 2.60. The number of alkyl halides is 3. The van der Waals surface area contributed by atoms with Gasteiger partial charge < -0.3 is 10.4 Å². The van der Waals surface area contributed by atoms with Crippen molar-refractivity contribution in [2.45, 2.75) is 57.3 Å². The maximum Gasteiger partial charge on any atom is 0.389 e. The molecule has 2 unspecified atom stereocenters. The third-order valence-electron chi connectivity index (χ3n) is 3.71. The largest absolute Gasteiger partial charge is 0.395 e. The minimum absolute atomic E-state index is 0.0519. The van der Waals surface area contributed by atoms with Gasteiger partial charge in [-0.25, -0.2) is 0 Å². The quantitative estimate of drug-likeness (QED) is 0.716. The van der Waals surface area contributed by atoms with Crippen LogP contribution in [0.3, 0.4) is 0 Å². The van der Waals surface area contributed by atoms with Gasteiger partial charge in [0.1, 0.15) is 0 Å². The van der Waals surface area contributed by atoms with Crippen molar-refractivity contribution in [3.63, 3.8) is 0 Å². The molecule has 1 rings (SSSR count). The lowest BCUT2D eigenvalue weighted by Crippen LogP contribution is -2.43. The van der Waals surface area contributed by atoms with E-state index in [0.29, 0.717) is 19.0 Å². The van der Waals surface area contributed by atoms with Crippen LogP contribution in [0.2, 0.25) is 0 Å². The molecule has 0 radical (unpaired) electrons. The Labute approximate surface area is 113 Å². The van der Waals surface area contributed by atoms with Gasteiger partial charge in [-0.2, -0.15) is 13.2 Å². The van der Waals surface area contributed by atoms with Gasteiger partial charge in [-0.15, -0.1) is 0 Å².